The first kappa shape index (κ1) is 19.6. The van der Waals surface area contributed by atoms with E-state index in [0.29, 0.717) is 12.1 Å². The maximum atomic E-state index is 12.4. The number of esters is 1. The molecule has 0 spiro atoms. The van der Waals surface area contributed by atoms with Crippen molar-refractivity contribution in [2.75, 3.05) is 24.6 Å². The number of anilines is 1. The van der Waals surface area contributed by atoms with Crippen LogP contribution < -0.4 is 10.2 Å². The monoisotopic (exact) mass is 380 g/mol. The molecule has 0 bridgehead atoms. The molecule has 6 nitrogen and oxygen atoms in total. The van der Waals surface area contributed by atoms with E-state index in [0.717, 1.165) is 29.7 Å². The van der Waals surface area contributed by atoms with Crippen LogP contribution in [0.25, 0.3) is 0 Å². The molecule has 0 atom stereocenters. The Balaban J connectivity index is 1.43. The van der Waals surface area contributed by atoms with Crippen molar-refractivity contribution in [3.8, 4) is 0 Å². The van der Waals surface area contributed by atoms with Gasteiger partial charge in [0.1, 0.15) is 0 Å². The van der Waals surface area contributed by atoms with Crippen LogP contribution in [0.5, 0.6) is 0 Å². The molecule has 0 aliphatic carbocycles. The third kappa shape index (κ3) is 4.76. The van der Waals surface area contributed by atoms with Gasteiger partial charge in [-0.1, -0.05) is 36.4 Å². The molecule has 1 aliphatic rings. The summed E-state index contributed by atoms with van der Waals surface area (Å²) in [5.41, 5.74) is 3.47. The molecular weight excluding hydrogens is 356 g/mol. The normalized spacial score (nSPS) is 12.8. The van der Waals surface area contributed by atoms with Gasteiger partial charge in [-0.05, 0) is 43.0 Å². The van der Waals surface area contributed by atoms with Crippen molar-refractivity contribution in [3.63, 3.8) is 0 Å². The molecule has 2 aromatic carbocycles. The van der Waals surface area contributed by atoms with Gasteiger partial charge in [-0.2, -0.15) is 0 Å². The van der Waals surface area contributed by atoms with Gasteiger partial charge < -0.3 is 15.0 Å². The highest BCUT2D eigenvalue weighted by Crippen LogP contribution is 2.26. The van der Waals surface area contributed by atoms with Crippen LogP contribution in [0.15, 0.2) is 48.5 Å². The average molecular weight is 380 g/mol. The number of amides is 2. The van der Waals surface area contributed by atoms with Crippen LogP contribution in [0.2, 0.25) is 0 Å². The van der Waals surface area contributed by atoms with E-state index in [1.165, 1.54) is 0 Å². The number of carbonyl (C=O) groups is 3. The second-order valence-electron chi connectivity index (χ2n) is 6.76. The number of carbonyl (C=O) groups excluding carboxylic acids is 3. The Labute approximate surface area is 164 Å². The minimum Gasteiger partial charge on any atom is -0.455 e. The van der Waals surface area contributed by atoms with E-state index >= 15 is 0 Å². The zero-order chi connectivity index (χ0) is 19.9. The van der Waals surface area contributed by atoms with Gasteiger partial charge in [-0.3, -0.25) is 14.4 Å². The lowest BCUT2D eigenvalue weighted by Gasteiger charge is -2.29. The van der Waals surface area contributed by atoms with Crippen LogP contribution in [0.1, 0.15) is 34.3 Å². The highest BCUT2D eigenvalue weighted by atomic mass is 16.5. The van der Waals surface area contributed by atoms with Crippen molar-refractivity contribution < 1.29 is 19.1 Å². The van der Waals surface area contributed by atoms with E-state index in [-0.39, 0.29) is 31.4 Å². The quantitative estimate of drug-likeness (QED) is 0.782. The summed E-state index contributed by atoms with van der Waals surface area (Å²) in [5.74, 6) is -0.972. The molecule has 0 saturated heterocycles. The molecule has 2 aromatic rings. The van der Waals surface area contributed by atoms with Gasteiger partial charge in [0, 0.05) is 24.3 Å². The molecule has 0 radical (unpaired) electrons. The fraction of sp³-hybridized carbons (Fsp3) is 0.318. The van der Waals surface area contributed by atoms with Crippen LogP contribution in [-0.2, 0) is 20.7 Å². The molecule has 0 aromatic heterocycles. The second-order valence-corrected chi connectivity index (χ2v) is 6.76. The number of ether oxygens (including phenoxy) is 1. The molecule has 1 heterocycles. The van der Waals surface area contributed by atoms with Gasteiger partial charge in [-0.15, -0.1) is 0 Å². The summed E-state index contributed by atoms with van der Waals surface area (Å²) in [7, 11) is 0. The standard InChI is InChI=1S/C22H24N2O4/c1-16-7-2-4-10-18(16)22(27)23-13-12-21(26)28-15-20(25)24-14-6-9-17-8-3-5-11-19(17)24/h2-5,7-8,10-11H,6,9,12-15H2,1H3,(H,23,27). The van der Waals surface area contributed by atoms with Gasteiger partial charge in [0.15, 0.2) is 6.61 Å². The molecule has 0 fully saturated rings. The van der Waals surface area contributed by atoms with Crippen molar-refractivity contribution in [2.24, 2.45) is 0 Å². The van der Waals surface area contributed by atoms with E-state index in [1.807, 2.05) is 43.3 Å². The zero-order valence-electron chi connectivity index (χ0n) is 15.9. The first-order chi connectivity index (χ1) is 13.6. The Morgan fingerprint density at radius 1 is 1.07 bits per heavy atom. The number of hydrogen-bond donors (Lipinski definition) is 1. The number of hydrogen-bond acceptors (Lipinski definition) is 4. The molecule has 28 heavy (non-hydrogen) atoms. The topological polar surface area (TPSA) is 75.7 Å². The lowest BCUT2D eigenvalue weighted by atomic mass is 10.0. The zero-order valence-corrected chi connectivity index (χ0v) is 15.9. The van der Waals surface area contributed by atoms with Gasteiger partial charge in [0.2, 0.25) is 0 Å². The lowest BCUT2D eigenvalue weighted by molar-refractivity contribution is -0.147. The molecule has 0 unspecified atom stereocenters. The summed E-state index contributed by atoms with van der Waals surface area (Å²) in [5, 5.41) is 2.70. The van der Waals surface area contributed by atoms with Crippen molar-refractivity contribution >= 4 is 23.5 Å². The number of nitrogens with zero attached hydrogens (tertiary/aromatic N) is 1. The number of aryl methyl sites for hydroxylation is 2. The minimum atomic E-state index is -0.510. The van der Waals surface area contributed by atoms with E-state index in [2.05, 4.69) is 5.32 Å². The third-order valence-corrected chi connectivity index (χ3v) is 4.77. The van der Waals surface area contributed by atoms with Crippen LogP contribution in [0.3, 0.4) is 0 Å². The number of benzene rings is 2. The fourth-order valence-corrected chi connectivity index (χ4v) is 3.29. The van der Waals surface area contributed by atoms with E-state index < -0.39 is 5.97 Å². The summed E-state index contributed by atoms with van der Waals surface area (Å²) < 4.78 is 5.10. The van der Waals surface area contributed by atoms with Crippen LogP contribution in [0.4, 0.5) is 5.69 Å². The molecule has 6 heteroatoms. The van der Waals surface area contributed by atoms with Gasteiger partial charge in [0.25, 0.3) is 11.8 Å². The highest BCUT2D eigenvalue weighted by molar-refractivity contribution is 5.97. The second kappa shape index (κ2) is 9.17. The molecule has 1 N–H and O–H groups in total. The molecule has 0 saturated carbocycles. The molecule has 1 aliphatic heterocycles. The number of para-hydroxylation sites is 1. The van der Waals surface area contributed by atoms with Gasteiger partial charge in [0.05, 0.1) is 6.42 Å². The number of fused-ring (bicyclic) bond motifs is 1. The minimum absolute atomic E-state index is 0.0154. The van der Waals surface area contributed by atoms with Crippen molar-refractivity contribution in [3.05, 3.63) is 65.2 Å². The van der Waals surface area contributed by atoms with Crippen LogP contribution in [-0.4, -0.2) is 37.5 Å². The highest BCUT2D eigenvalue weighted by Gasteiger charge is 2.23. The first-order valence-electron chi connectivity index (χ1n) is 9.44. The van der Waals surface area contributed by atoms with E-state index in [9.17, 15) is 14.4 Å². The lowest BCUT2D eigenvalue weighted by Crippen LogP contribution is -2.38. The smallest absolute Gasteiger partial charge is 0.308 e. The van der Waals surface area contributed by atoms with Gasteiger partial charge in [-0.25, -0.2) is 0 Å². The maximum absolute atomic E-state index is 12.4. The molecule has 2 amide bonds. The predicted molar refractivity (Wildman–Crippen MR) is 106 cm³/mol. The van der Waals surface area contributed by atoms with Crippen molar-refractivity contribution in [1.82, 2.24) is 5.32 Å². The molecular formula is C22H24N2O4. The summed E-state index contributed by atoms with van der Waals surface area (Å²) in [6, 6.07) is 15.0. The Morgan fingerprint density at radius 2 is 1.82 bits per heavy atom. The van der Waals surface area contributed by atoms with Crippen molar-refractivity contribution in [2.45, 2.75) is 26.2 Å². The third-order valence-electron chi connectivity index (χ3n) is 4.77. The Kier molecular flexibility index (Phi) is 6.42. The SMILES string of the molecule is Cc1ccccc1C(=O)NCCC(=O)OCC(=O)N1CCCc2ccccc21. The molecule has 3 rings (SSSR count). The van der Waals surface area contributed by atoms with E-state index in [4.69, 9.17) is 4.74 Å². The van der Waals surface area contributed by atoms with Crippen LogP contribution >= 0.6 is 0 Å². The Hall–Kier alpha value is -3.15. The van der Waals surface area contributed by atoms with E-state index in [1.54, 1.807) is 17.0 Å². The maximum Gasteiger partial charge on any atom is 0.308 e. The summed E-state index contributed by atoms with van der Waals surface area (Å²) >= 11 is 0. The largest absolute Gasteiger partial charge is 0.455 e. The van der Waals surface area contributed by atoms with Crippen molar-refractivity contribution in [1.29, 1.82) is 0 Å². The number of rotatable bonds is 6. The average Bonchev–Trinajstić information content (AvgIpc) is 2.71. The summed E-state index contributed by atoms with van der Waals surface area (Å²) in [4.78, 5) is 38.2. The van der Waals surface area contributed by atoms with Crippen LogP contribution in [0, 0.1) is 6.92 Å². The fourth-order valence-electron chi connectivity index (χ4n) is 3.29. The summed E-state index contributed by atoms with van der Waals surface area (Å²) in [6.45, 7) is 2.35. The van der Waals surface area contributed by atoms with Gasteiger partial charge >= 0.3 is 5.97 Å². The first-order valence-corrected chi connectivity index (χ1v) is 9.44. The Bertz CT molecular complexity index is 878. The number of nitrogens with one attached hydrogen (secondary N) is 1. The summed E-state index contributed by atoms with van der Waals surface area (Å²) in [6.07, 6.45) is 1.85. The molecule has 146 valence electrons. The predicted octanol–water partition coefficient (Wildman–Crippen LogP) is 2.64. The Morgan fingerprint density at radius 3 is 2.64 bits per heavy atom.